The molecule has 156 valence electrons. The van der Waals surface area contributed by atoms with Crippen LogP contribution < -0.4 is 20.4 Å². The van der Waals surface area contributed by atoms with Gasteiger partial charge in [-0.05, 0) is 62.4 Å². The van der Waals surface area contributed by atoms with Crippen molar-refractivity contribution >= 4 is 34.9 Å². The number of rotatable bonds is 5. The van der Waals surface area contributed by atoms with Gasteiger partial charge in [0.1, 0.15) is 17.4 Å². The van der Waals surface area contributed by atoms with Crippen molar-refractivity contribution < 1.29 is 4.42 Å². The molecule has 1 unspecified atom stereocenters. The van der Waals surface area contributed by atoms with Crippen molar-refractivity contribution in [2.24, 2.45) is 5.92 Å². The van der Waals surface area contributed by atoms with Gasteiger partial charge in [0, 0.05) is 32.2 Å². The van der Waals surface area contributed by atoms with Crippen LogP contribution in [0.15, 0.2) is 28.9 Å². The number of piperidine rings is 2. The fourth-order valence-electron chi connectivity index (χ4n) is 4.05. The molecule has 2 N–H and O–H groups in total. The quantitative estimate of drug-likeness (QED) is 0.717. The number of furan rings is 1. The molecule has 0 bridgehead atoms. The molecule has 7 nitrogen and oxygen atoms in total. The van der Waals surface area contributed by atoms with Gasteiger partial charge in [-0.25, -0.2) is 0 Å². The maximum atomic E-state index is 5.46. The van der Waals surface area contributed by atoms with Crippen molar-refractivity contribution in [1.82, 2.24) is 15.3 Å². The number of nitrogens with one attached hydrogen (secondary N) is 2. The summed E-state index contributed by atoms with van der Waals surface area (Å²) in [5.74, 6) is 4.05. The van der Waals surface area contributed by atoms with Gasteiger partial charge in [0.05, 0.1) is 12.8 Å². The Kier molecular flexibility index (Phi) is 6.49. The van der Waals surface area contributed by atoms with E-state index in [1.807, 2.05) is 12.1 Å². The molecule has 2 saturated heterocycles. The lowest BCUT2D eigenvalue weighted by atomic mass is 10.0. The SMILES string of the molecule is CC1CCCN(c2cc(N3CCCCC3)nc(NC(=S)NCc3ccco3)n2)C1. The third-order valence-electron chi connectivity index (χ3n) is 5.59. The highest BCUT2D eigenvalue weighted by molar-refractivity contribution is 7.80. The molecule has 2 aromatic heterocycles. The first kappa shape index (κ1) is 19.9. The Balaban J connectivity index is 1.51. The van der Waals surface area contributed by atoms with Crippen molar-refractivity contribution in [3.8, 4) is 0 Å². The highest BCUT2D eigenvalue weighted by Gasteiger charge is 2.21. The second-order valence-corrected chi connectivity index (χ2v) is 8.44. The highest BCUT2D eigenvalue weighted by atomic mass is 32.1. The number of aromatic nitrogens is 2. The van der Waals surface area contributed by atoms with Crippen LogP contribution in [0.1, 0.15) is 44.8 Å². The lowest BCUT2D eigenvalue weighted by molar-refractivity contribution is 0.444. The van der Waals surface area contributed by atoms with E-state index in [1.165, 1.54) is 32.1 Å². The maximum absolute atomic E-state index is 5.46. The van der Waals surface area contributed by atoms with E-state index in [0.29, 0.717) is 23.5 Å². The Hall–Kier alpha value is -2.35. The Bertz CT molecular complexity index is 806. The van der Waals surface area contributed by atoms with E-state index in [2.05, 4.69) is 33.4 Å². The van der Waals surface area contributed by atoms with Gasteiger partial charge in [0.2, 0.25) is 5.95 Å². The Morgan fingerprint density at radius 3 is 2.62 bits per heavy atom. The van der Waals surface area contributed by atoms with Crippen LogP contribution in [0.2, 0.25) is 0 Å². The fraction of sp³-hybridized carbons (Fsp3) is 0.571. The van der Waals surface area contributed by atoms with Gasteiger partial charge in [-0.15, -0.1) is 0 Å². The van der Waals surface area contributed by atoms with Crippen LogP contribution >= 0.6 is 12.2 Å². The molecule has 0 radical (unpaired) electrons. The molecule has 2 fully saturated rings. The van der Waals surface area contributed by atoms with Gasteiger partial charge in [0.25, 0.3) is 0 Å². The van der Waals surface area contributed by atoms with Gasteiger partial charge < -0.3 is 24.9 Å². The molecule has 0 spiro atoms. The summed E-state index contributed by atoms with van der Waals surface area (Å²) in [5, 5.41) is 6.83. The standard InChI is InChI=1S/C21H30N6OS/c1-16-7-5-11-27(15-16)19-13-18(26-9-3-2-4-10-26)23-20(24-19)25-21(29)22-14-17-8-6-12-28-17/h6,8,12-13,16H,2-5,7,9-11,14-15H2,1H3,(H2,22,23,24,25,29). The fourth-order valence-corrected chi connectivity index (χ4v) is 4.21. The molecule has 1 atom stereocenters. The van der Waals surface area contributed by atoms with E-state index in [9.17, 15) is 0 Å². The number of anilines is 3. The third kappa shape index (κ3) is 5.38. The monoisotopic (exact) mass is 414 g/mol. The number of nitrogens with zero attached hydrogens (tertiary/aromatic N) is 4. The molecule has 29 heavy (non-hydrogen) atoms. The summed E-state index contributed by atoms with van der Waals surface area (Å²) >= 11 is 5.46. The molecule has 0 aromatic carbocycles. The second kappa shape index (κ2) is 9.43. The first-order chi connectivity index (χ1) is 14.2. The van der Waals surface area contributed by atoms with Gasteiger partial charge in [0.15, 0.2) is 5.11 Å². The minimum Gasteiger partial charge on any atom is -0.467 e. The van der Waals surface area contributed by atoms with Crippen LogP contribution in [0.25, 0.3) is 0 Å². The number of hydrogen-bond acceptors (Lipinski definition) is 6. The zero-order valence-corrected chi connectivity index (χ0v) is 17.9. The van der Waals surface area contributed by atoms with Crippen molar-refractivity contribution in [1.29, 1.82) is 0 Å². The summed E-state index contributed by atoms with van der Waals surface area (Å²) in [6.07, 6.45) is 7.87. The Morgan fingerprint density at radius 2 is 1.90 bits per heavy atom. The molecule has 0 saturated carbocycles. The average molecular weight is 415 g/mol. The van der Waals surface area contributed by atoms with E-state index in [0.717, 1.165) is 43.6 Å². The topological polar surface area (TPSA) is 69.5 Å². The van der Waals surface area contributed by atoms with Crippen molar-refractivity contribution in [3.05, 3.63) is 30.2 Å². The van der Waals surface area contributed by atoms with E-state index in [-0.39, 0.29) is 0 Å². The molecule has 0 aliphatic carbocycles. The lowest BCUT2D eigenvalue weighted by Gasteiger charge is -2.33. The maximum Gasteiger partial charge on any atom is 0.232 e. The van der Waals surface area contributed by atoms with E-state index < -0.39 is 0 Å². The highest BCUT2D eigenvalue weighted by Crippen LogP contribution is 2.27. The van der Waals surface area contributed by atoms with Gasteiger partial charge >= 0.3 is 0 Å². The largest absolute Gasteiger partial charge is 0.467 e. The molecule has 4 heterocycles. The number of hydrogen-bond donors (Lipinski definition) is 2. The zero-order valence-electron chi connectivity index (χ0n) is 17.1. The molecule has 4 rings (SSSR count). The molecule has 0 amide bonds. The smallest absolute Gasteiger partial charge is 0.232 e. The normalized spacial score (nSPS) is 19.8. The van der Waals surface area contributed by atoms with Gasteiger partial charge in [-0.1, -0.05) is 6.92 Å². The van der Waals surface area contributed by atoms with Crippen LogP contribution in [0, 0.1) is 5.92 Å². The molecule has 8 heteroatoms. The summed E-state index contributed by atoms with van der Waals surface area (Å²) in [7, 11) is 0. The lowest BCUT2D eigenvalue weighted by Crippen LogP contribution is -2.36. The molecule has 2 aliphatic heterocycles. The van der Waals surface area contributed by atoms with Crippen molar-refractivity contribution in [2.75, 3.05) is 41.3 Å². The third-order valence-corrected chi connectivity index (χ3v) is 5.84. The van der Waals surface area contributed by atoms with E-state index in [4.69, 9.17) is 26.6 Å². The van der Waals surface area contributed by atoms with Crippen LogP contribution in [0.4, 0.5) is 17.6 Å². The molecule has 2 aromatic rings. The summed E-state index contributed by atoms with van der Waals surface area (Å²) < 4.78 is 5.35. The summed E-state index contributed by atoms with van der Waals surface area (Å²) in [6.45, 7) is 7.02. The Morgan fingerprint density at radius 1 is 1.14 bits per heavy atom. The second-order valence-electron chi connectivity index (χ2n) is 8.04. The average Bonchev–Trinajstić information content (AvgIpc) is 3.26. The van der Waals surface area contributed by atoms with Crippen LogP contribution in [-0.4, -0.2) is 41.3 Å². The predicted molar refractivity (Wildman–Crippen MR) is 120 cm³/mol. The first-order valence-corrected chi connectivity index (χ1v) is 11.0. The predicted octanol–water partition coefficient (Wildman–Crippen LogP) is 3.78. The van der Waals surface area contributed by atoms with Crippen LogP contribution in [0.5, 0.6) is 0 Å². The summed E-state index contributed by atoms with van der Waals surface area (Å²) in [6, 6.07) is 5.93. The van der Waals surface area contributed by atoms with E-state index >= 15 is 0 Å². The van der Waals surface area contributed by atoms with Gasteiger partial charge in [-0.3, -0.25) is 0 Å². The van der Waals surface area contributed by atoms with E-state index in [1.54, 1.807) is 6.26 Å². The number of thiocarbonyl (C=S) groups is 1. The van der Waals surface area contributed by atoms with Crippen LogP contribution in [0.3, 0.4) is 0 Å². The molecular formula is C21H30N6OS. The molecular weight excluding hydrogens is 384 g/mol. The minimum atomic E-state index is 0.496. The molecule has 2 aliphatic rings. The Labute approximate surface area is 177 Å². The van der Waals surface area contributed by atoms with Gasteiger partial charge in [-0.2, -0.15) is 9.97 Å². The summed E-state index contributed by atoms with van der Waals surface area (Å²) in [5.41, 5.74) is 0. The summed E-state index contributed by atoms with van der Waals surface area (Å²) in [4.78, 5) is 14.3. The first-order valence-electron chi connectivity index (χ1n) is 10.6. The minimum absolute atomic E-state index is 0.496. The van der Waals surface area contributed by atoms with Crippen molar-refractivity contribution in [3.63, 3.8) is 0 Å². The van der Waals surface area contributed by atoms with Crippen LogP contribution in [-0.2, 0) is 6.54 Å². The zero-order chi connectivity index (χ0) is 20.1. The van der Waals surface area contributed by atoms with Crippen molar-refractivity contribution in [2.45, 2.75) is 45.6 Å².